The van der Waals surface area contributed by atoms with Gasteiger partial charge in [0.2, 0.25) is 5.91 Å². The van der Waals surface area contributed by atoms with Gasteiger partial charge < -0.3 is 15.7 Å². The summed E-state index contributed by atoms with van der Waals surface area (Å²) in [6.45, 7) is 0.893. The van der Waals surface area contributed by atoms with E-state index in [0.717, 1.165) is 18.1 Å². The van der Waals surface area contributed by atoms with Gasteiger partial charge in [-0.1, -0.05) is 30.3 Å². The van der Waals surface area contributed by atoms with E-state index in [1.807, 2.05) is 17.8 Å². The van der Waals surface area contributed by atoms with Gasteiger partial charge in [0.1, 0.15) is 0 Å². The van der Waals surface area contributed by atoms with Gasteiger partial charge in [-0.15, -0.1) is 0 Å². The van der Waals surface area contributed by atoms with Crippen molar-refractivity contribution in [2.75, 3.05) is 18.1 Å². The number of carboxylic acid groups (broad SMARTS) is 1. The van der Waals surface area contributed by atoms with E-state index in [2.05, 4.69) is 10.6 Å². The van der Waals surface area contributed by atoms with E-state index in [4.69, 9.17) is 0 Å². The molecular formula is C14H18N2O3S. The smallest absolute Gasteiger partial charge is 0.330 e. The standard InChI is InChI=1S/C14H18N2O3S/c17-12(8-11-9-20-7-6-15-11)16-13(14(18)19)10-4-2-1-3-5-10/h1-5,11,13,15H,6-9H2,(H,16,17)(H,18,19). The number of aliphatic carboxylic acids is 1. The number of hydrogen-bond donors (Lipinski definition) is 3. The van der Waals surface area contributed by atoms with Crippen LogP contribution in [0.2, 0.25) is 0 Å². The lowest BCUT2D eigenvalue weighted by atomic mass is 10.1. The molecule has 108 valence electrons. The third-order valence-electron chi connectivity index (χ3n) is 3.12. The van der Waals surface area contributed by atoms with E-state index in [0.29, 0.717) is 12.0 Å². The Hall–Kier alpha value is -1.53. The summed E-state index contributed by atoms with van der Waals surface area (Å²) in [7, 11) is 0. The Balaban J connectivity index is 1.94. The molecule has 2 atom stereocenters. The second kappa shape index (κ2) is 7.31. The number of amides is 1. The first-order valence-electron chi connectivity index (χ1n) is 6.55. The number of nitrogens with one attached hydrogen (secondary N) is 2. The van der Waals surface area contributed by atoms with Crippen LogP contribution in [0.25, 0.3) is 0 Å². The maximum atomic E-state index is 12.0. The fourth-order valence-electron chi connectivity index (χ4n) is 2.13. The summed E-state index contributed by atoms with van der Waals surface area (Å²) >= 11 is 1.81. The zero-order chi connectivity index (χ0) is 14.4. The molecule has 1 amide bonds. The summed E-state index contributed by atoms with van der Waals surface area (Å²) in [5.74, 6) is 0.660. The van der Waals surface area contributed by atoms with Crippen LogP contribution in [-0.2, 0) is 9.59 Å². The van der Waals surface area contributed by atoms with Gasteiger partial charge in [-0.05, 0) is 5.56 Å². The van der Waals surface area contributed by atoms with E-state index < -0.39 is 12.0 Å². The third kappa shape index (κ3) is 4.25. The average Bonchev–Trinajstić information content (AvgIpc) is 2.46. The Morgan fingerprint density at radius 2 is 2.15 bits per heavy atom. The van der Waals surface area contributed by atoms with Crippen LogP contribution in [0.1, 0.15) is 18.0 Å². The van der Waals surface area contributed by atoms with Crippen molar-refractivity contribution in [3.05, 3.63) is 35.9 Å². The number of carbonyl (C=O) groups excluding carboxylic acids is 1. The van der Waals surface area contributed by atoms with E-state index in [1.54, 1.807) is 24.3 Å². The van der Waals surface area contributed by atoms with Crippen molar-refractivity contribution in [3.8, 4) is 0 Å². The topological polar surface area (TPSA) is 78.4 Å². The average molecular weight is 294 g/mol. The lowest BCUT2D eigenvalue weighted by molar-refractivity contribution is -0.142. The molecule has 0 spiro atoms. The molecule has 1 aliphatic rings. The molecule has 0 bridgehead atoms. The minimum Gasteiger partial charge on any atom is -0.479 e. The first-order chi connectivity index (χ1) is 9.66. The van der Waals surface area contributed by atoms with Gasteiger partial charge in [-0.25, -0.2) is 4.79 Å². The molecule has 1 fully saturated rings. The second-order valence-corrected chi connectivity index (χ2v) is 5.83. The van der Waals surface area contributed by atoms with E-state index in [9.17, 15) is 14.7 Å². The fourth-order valence-corrected chi connectivity index (χ4v) is 3.08. The van der Waals surface area contributed by atoms with Crippen molar-refractivity contribution in [2.45, 2.75) is 18.5 Å². The maximum absolute atomic E-state index is 12.0. The predicted octanol–water partition coefficient (Wildman–Crippen LogP) is 1.02. The zero-order valence-corrected chi connectivity index (χ0v) is 11.9. The molecule has 20 heavy (non-hydrogen) atoms. The largest absolute Gasteiger partial charge is 0.479 e. The maximum Gasteiger partial charge on any atom is 0.330 e. The summed E-state index contributed by atoms with van der Waals surface area (Å²) in [5, 5.41) is 15.1. The van der Waals surface area contributed by atoms with Crippen molar-refractivity contribution in [3.63, 3.8) is 0 Å². The fraction of sp³-hybridized carbons (Fsp3) is 0.429. The van der Waals surface area contributed by atoms with Crippen LogP contribution < -0.4 is 10.6 Å². The second-order valence-electron chi connectivity index (χ2n) is 4.68. The van der Waals surface area contributed by atoms with E-state index in [-0.39, 0.29) is 11.9 Å². The van der Waals surface area contributed by atoms with Crippen LogP contribution in [0.4, 0.5) is 0 Å². The molecule has 0 saturated carbocycles. The SMILES string of the molecule is O=C(CC1CSCCN1)NC(C(=O)O)c1ccccc1. The molecule has 1 aliphatic heterocycles. The minimum absolute atomic E-state index is 0.124. The Morgan fingerprint density at radius 3 is 2.75 bits per heavy atom. The van der Waals surface area contributed by atoms with E-state index >= 15 is 0 Å². The normalized spacial score (nSPS) is 20.1. The van der Waals surface area contributed by atoms with Gasteiger partial charge in [-0.2, -0.15) is 11.8 Å². The van der Waals surface area contributed by atoms with Gasteiger partial charge in [0.25, 0.3) is 0 Å². The van der Waals surface area contributed by atoms with Crippen LogP contribution in [0.5, 0.6) is 0 Å². The molecule has 1 aromatic carbocycles. The van der Waals surface area contributed by atoms with Crippen molar-refractivity contribution < 1.29 is 14.7 Å². The van der Waals surface area contributed by atoms with Crippen molar-refractivity contribution in [1.82, 2.24) is 10.6 Å². The third-order valence-corrected chi connectivity index (χ3v) is 4.25. The van der Waals surface area contributed by atoms with Crippen molar-refractivity contribution >= 4 is 23.6 Å². The Bertz CT molecular complexity index is 461. The van der Waals surface area contributed by atoms with Crippen molar-refractivity contribution in [1.29, 1.82) is 0 Å². The summed E-state index contributed by atoms with van der Waals surface area (Å²) in [6, 6.07) is 7.88. The highest BCUT2D eigenvalue weighted by atomic mass is 32.2. The Kier molecular flexibility index (Phi) is 5.43. The zero-order valence-electron chi connectivity index (χ0n) is 11.0. The minimum atomic E-state index is -1.05. The number of hydrogen-bond acceptors (Lipinski definition) is 4. The van der Waals surface area contributed by atoms with Crippen LogP contribution >= 0.6 is 11.8 Å². The number of thioether (sulfide) groups is 1. The molecule has 1 heterocycles. The van der Waals surface area contributed by atoms with Gasteiger partial charge in [0, 0.05) is 30.5 Å². The highest BCUT2D eigenvalue weighted by Gasteiger charge is 2.24. The summed E-state index contributed by atoms with van der Waals surface area (Å²) in [5.41, 5.74) is 0.583. The molecule has 1 aromatic rings. The van der Waals surface area contributed by atoms with Crippen LogP contribution in [0, 0.1) is 0 Å². The molecule has 2 rings (SSSR count). The number of carbonyl (C=O) groups is 2. The lowest BCUT2D eigenvalue weighted by Gasteiger charge is -2.23. The number of carboxylic acids is 1. The summed E-state index contributed by atoms with van der Waals surface area (Å²) in [4.78, 5) is 23.3. The van der Waals surface area contributed by atoms with Crippen LogP contribution in [0.3, 0.4) is 0 Å². The molecule has 2 unspecified atom stereocenters. The number of rotatable bonds is 5. The molecular weight excluding hydrogens is 276 g/mol. The summed E-state index contributed by atoms with van der Waals surface area (Å²) in [6.07, 6.45) is 0.309. The van der Waals surface area contributed by atoms with E-state index in [1.165, 1.54) is 0 Å². The van der Waals surface area contributed by atoms with Crippen LogP contribution in [0.15, 0.2) is 30.3 Å². The molecule has 6 heteroatoms. The van der Waals surface area contributed by atoms with Crippen molar-refractivity contribution in [2.24, 2.45) is 0 Å². The number of benzene rings is 1. The first-order valence-corrected chi connectivity index (χ1v) is 7.70. The van der Waals surface area contributed by atoms with Gasteiger partial charge in [0.15, 0.2) is 6.04 Å². The Morgan fingerprint density at radius 1 is 1.40 bits per heavy atom. The predicted molar refractivity (Wildman–Crippen MR) is 78.7 cm³/mol. The molecule has 0 aromatic heterocycles. The molecule has 1 saturated heterocycles. The molecule has 0 aliphatic carbocycles. The molecule has 0 radical (unpaired) electrons. The molecule has 3 N–H and O–H groups in total. The van der Waals surface area contributed by atoms with Gasteiger partial charge in [0.05, 0.1) is 0 Å². The van der Waals surface area contributed by atoms with Gasteiger partial charge >= 0.3 is 5.97 Å². The quantitative estimate of drug-likeness (QED) is 0.756. The summed E-state index contributed by atoms with van der Waals surface area (Å²) < 4.78 is 0. The highest BCUT2D eigenvalue weighted by molar-refractivity contribution is 7.99. The van der Waals surface area contributed by atoms with Crippen LogP contribution in [-0.4, -0.2) is 41.1 Å². The molecule has 5 nitrogen and oxygen atoms in total. The monoisotopic (exact) mass is 294 g/mol. The lowest BCUT2D eigenvalue weighted by Crippen LogP contribution is -2.43. The Labute approximate surface area is 122 Å². The first kappa shape index (κ1) is 14.9. The van der Waals surface area contributed by atoms with Gasteiger partial charge in [-0.3, -0.25) is 4.79 Å². The highest BCUT2D eigenvalue weighted by Crippen LogP contribution is 2.14.